The summed E-state index contributed by atoms with van der Waals surface area (Å²) in [5.74, 6) is 0.0710. The van der Waals surface area contributed by atoms with Gasteiger partial charge >= 0.3 is 5.97 Å². The maximum Gasteiger partial charge on any atom is 0.310 e. The summed E-state index contributed by atoms with van der Waals surface area (Å²) in [5.41, 5.74) is -1.32. The van der Waals surface area contributed by atoms with Gasteiger partial charge in [-0.1, -0.05) is 53.2 Å². The molecule has 0 unspecified atom stereocenters. The second-order valence-corrected chi connectivity index (χ2v) is 14.5. The lowest BCUT2D eigenvalue weighted by atomic mass is 9.32. The lowest BCUT2D eigenvalue weighted by molar-refractivity contribution is -0.287. The van der Waals surface area contributed by atoms with E-state index >= 15 is 0 Å². The van der Waals surface area contributed by atoms with Gasteiger partial charge in [-0.3, -0.25) is 4.79 Å². The summed E-state index contributed by atoms with van der Waals surface area (Å²) >= 11 is 0. The van der Waals surface area contributed by atoms with E-state index in [0.717, 1.165) is 38.5 Å². The Morgan fingerprint density at radius 3 is 2.22 bits per heavy atom. The van der Waals surface area contributed by atoms with Crippen LogP contribution in [0.15, 0.2) is 11.6 Å². The van der Waals surface area contributed by atoms with E-state index in [9.17, 15) is 30.3 Å². The predicted octanol–water partition coefficient (Wildman–Crippen LogP) is 4.00. The van der Waals surface area contributed by atoms with Crippen LogP contribution < -0.4 is 0 Å². The fourth-order valence-corrected chi connectivity index (χ4v) is 10.9. The first kappa shape index (κ1) is 26.6. The lowest BCUT2D eigenvalue weighted by Gasteiger charge is -2.72. The molecule has 5 rings (SSSR count). The molecule has 5 aliphatic carbocycles. The Labute approximate surface area is 216 Å². The largest absolute Gasteiger partial charge is 0.481 e. The van der Waals surface area contributed by atoms with Gasteiger partial charge in [0.15, 0.2) is 0 Å². The number of carboxylic acid groups (broad SMARTS) is 1. The molecule has 4 fully saturated rings. The zero-order valence-electron chi connectivity index (χ0n) is 23.0. The number of hydrogen-bond donors (Lipinski definition) is 5. The molecule has 4 saturated carbocycles. The summed E-state index contributed by atoms with van der Waals surface area (Å²) in [7, 11) is 0. The molecule has 0 heterocycles. The van der Waals surface area contributed by atoms with Gasteiger partial charge in [0.1, 0.15) is 6.10 Å². The van der Waals surface area contributed by atoms with E-state index in [0.29, 0.717) is 18.3 Å². The standard InChI is InChI=1S/C30H48O6/c1-16-9-12-30(25(35)36)14-13-27(4)18(21(30)17(16)2)7-8-20-28(27,5)11-10-19-26(3,15-31)23(33)22(32)24(34)29(19,20)6/h7,16-17,19-24,31-34H,8-15H2,1-6H3,(H,35,36)/t16-,17+,19+,20+,21+,22+,23-,24-,26+,27-,28-,29+,30+/m1/s1. The first-order valence-electron chi connectivity index (χ1n) is 14.3. The molecule has 5 N–H and O–H groups in total. The highest BCUT2D eigenvalue weighted by Crippen LogP contribution is 2.75. The Morgan fingerprint density at radius 2 is 1.61 bits per heavy atom. The minimum atomic E-state index is -1.31. The molecule has 6 heteroatoms. The molecule has 5 aliphatic rings. The average Bonchev–Trinajstić information content (AvgIpc) is 2.84. The minimum Gasteiger partial charge on any atom is -0.481 e. The van der Waals surface area contributed by atoms with Crippen LogP contribution in [0.5, 0.6) is 0 Å². The number of aliphatic carboxylic acids is 1. The number of allylic oxidation sites excluding steroid dienone is 2. The van der Waals surface area contributed by atoms with Crippen LogP contribution in [0, 0.1) is 56.7 Å². The van der Waals surface area contributed by atoms with Crippen molar-refractivity contribution < 1.29 is 30.3 Å². The maximum absolute atomic E-state index is 12.8. The van der Waals surface area contributed by atoms with Gasteiger partial charge in [-0.05, 0) is 85.4 Å². The monoisotopic (exact) mass is 504 g/mol. The van der Waals surface area contributed by atoms with E-state index in [1.54, 1.807) is 0 Å². The Morgan fingerprint density at radius 1 is 0.944 bits per heavy atom. The van der Waals surface area contributed by atoms with Crippen LogP contribution in [0.2, 0.25) is 0 Å². The van der Waals surface area contributed by atoms with Gasteiger partial charge in [0.05, 0.1) is 24.2 Å². The summed E-state index contributed by atoms with van der Waals surface area (Å²) in [6.07, 6.45) is 4.32. The van der Waals surface area contributed by atoms with Crippen LogP contribution in [-0.4, -0.2) is 56.4 Å². The summed E-state index contributed by atoms with van der Waals surface area (Å²) in [5, 5.41) is 54.5. The zero-order chi connectivity index (χ0) is 26.6. The molecule has 0 aromatic carbocycles. The number of rotatable bonds is 2. The molecular formula is C30H48O6. The minimum absolute atomic E-state index is 0.0206. The van der Waals surface area contributed by atoms with E-state index in [1.807, 2.05) is 6.92 Å². The van der Waals surface area contributed by atoms with Crippen molar-refractivity contribution in [2.75, 3.05) is 6.61 Å². The number of carbonyl (C=O) groups is 1. The lowest BCUT2D eigenvalue weighted by Crippen LogP contribution is -2.73. The fourth-order valence-electron chi connectivity index (χ4n) is 10.9. The molecular weight excluding hydrogens is 456 g/mol. The summed E-state index contributed by atoms with van der Waals surface area (Å²) < 4.78 is 0. The molecule has 0 radical (unpaired) electrons. The van der Waals surface area contributed by atoms with Crippen molar-refractivity contribution in [2.24, 2.45) is 56.7 Å². The van der Waals surface area contributed by atoms with Crippen molar-refractivity contribution in [2.45, 2.75) is 105 Å². The highest BCUT2D eigenvalue weighted by Gasteiger charge is 2.72. The average molecular weight is 505 g/mol. The molecule has 0 saturated heterocycles. The highest BCUT2D eigenvalue weighted by atomic mass is 16.4. The van der Waals surface area contributed by atoms with Gasteiger partial charge in [0, 0.05) is 10.8 Å². The van der Waals surface area contributed by atoms with E-state index < -0.39 is 40.5 Å². The van der Waals surface area contributed by atoms with E-state index in [4.69, 9.17) is 0 Å². The Hall–Kier alpha value is -0.950. The number of aliphatic hydroxyl groups excluding tert-OH is 4. The quantitative estimate of drug-likeness (QED) is 0.363. The highest BCUT2D eigenvalue weighted by molar-refractivity contribution is 5.76. The number of hydrogen-bond acceptors (Lipinski definition) is 5. The topological polar surface area (TPSA) is 118 Å². The van der Waals surface area contributed by atoms with Crippen LogP contribution in [-0.2, 0) is 4.79 Å². The van der Waals surface area contributed by atoms with Crippen molar-refractivity contribution >= 4 is 5.97 Å². The molecule has 204 valence electrons. The van der Waals surface area contributed by atoms with Crippen LogP contribution >= 0.6 is 0 Å². The molecule has 0 aromatic rings. The Bertz CT molecular complexity index is 963. The molecule has 0 aliphatic heterocycles. The molecule has 0 aromatic heterocycles. The van der Waals surface area contributed by atoms with Crippen LogP contribution in [0.4, 0.5) is 0 Å². The van der Waals surface area contributed by atoms with Crippen molar-refractivity contribution in [1.29, 1.82) is 0 Å². The Balaban J connectivity index is 1.65. The van der Waals surface area contributed by atoms with E-state index in [-0.39, 0.29) is 35.2 Å². The summed E-state index contributed by atoms with van der Waals surface area (Å²) in [4.78, 5) is 12.8. The smallest absolute Gasteiger partial charge is 0.310 e. The molecule has 36 heavy (non-hydrogen) atoms. The molecule has 0 bridgehead atoms. The van der Waals surface area contributed by atoms with Crippen molar-refractivity contribution in [1.82, 2.24) is 0 Å². The van der Waals surface area contributed by atoms with Crippen LogP contribution in [0.1, 0.15) is 86.5 Å². The third-order valence-electron chi connectivity index (χ3n) is 13.7. The first-order valence-corrected chi connectivity index (χ1v) is 14.3. The van der Waals surface area contributed by atoms with Gasteiger partial charge in [0.2, 0.25) is 0 Å². The van der Waals surface area contributed by atoms with Crippen molar-refractivity contribution in [3.63, 3.8) is 0 Å². The first-order chi connectivity index (χ1) is 16.7. The predicted molar refractivity (Wildman–Crippen MR) is 137 cm³/mol. The van der Waals surface area contributed by atoms with Gasteiger partial charge in [-0.2, -0.15) is 0 Å². The van der Waals surface area contributed by atoms with Crippen LogP contribution in [0.25, 0.3) is 0 Å². The third kappa shape index (κ3) is 2.85. The van der Waals surface area contributed by atoms with Gasteiger partial charge in [-0.15, -0.1) is 0 Å². The van der Waals surface area contributed by atoms with E-state index in [1.165, 1.54) is 5.57 Å². The molecule has 13 atom stereocenters. The second kappa shape index (κ2) is 8.03. The zero-order valence-corrected chi connectivity index (χ0v) is 23.0. The molecule has 0 amide bonds. The number of carboxylic acids is 1. The molecule has 0 spiro atoms. The normalized spacial score (nSPS) is 58.6. The second-order valence-electron chi connectivity index (χ2n) is 14.5. The van der Waals surface area contributed by atoms with Gasteiger partial charge < -0.3 is 25.5 Å². The van der Waals surface area contributed by atoms with Crippen molar-refractivity contribution in [3.05, 3.63) is 11.6 Å². The Kier molecular flexibility index (Phi) is 5.95. The number of fused-ring (bicyclic) bond motifs is 7. The third-order valence-corrected chi connectivity index (χ3v) is 13.7. The fraction of sp³-hybridized carbons (Fsp3) is 0.900. The van der Waals surface area contributed by atoms with Crippen LogP contribution in [0.3, 0.4) is 0 Å². The number of aliphatic hydroxyl groups is 4. The maximum atomic E-state index is 12.8. The van der Waals surface area contributed by atoms with Crippen molar-refractivity contribution in [3.8, 4) is 0 Å². The summed E-state index contributed by atoms with van der Waals surface area (Å²) in [6.45, 7) is 12.9. The van der Waals surface area contributed by atoms with Gasteiger partial charge in [-0.25, -0.2) is 0 Å². The summed E-state index contributed by atoms with van der Waals surface area (Å²) in [6, 6.07) is 0. The molecule has 6 nitrogen and oxygen atoms in total. The van der Waals surface area contributed by atoms with Gasteiger partial charge in [0.25, 0.3) is 0 Å². The SMILES string of the molecule is C[C@H]1[C@H](C)CC[C@]2(C(=O)O)CC[C@]3(C)C(=CC[C@@H]4[C@@]5(C)[C@H](O)[C@@H](O)[C@@H](O)[C@@](C)(CO)[C@@H]5CC[C@]43C)[C@H]12. The van der Waals surface area contributed by atoms with E-state index in [2.05, 4.69) is 40.7 Å².